The molecular formula is C16H22N2O4S. The Morgan fingerprint density at radius 2 is 1.91 bits per heavy atom. The van der Waals surface area contributed by atoms with E-state index in [0.29, 0.717) is 12.1 Å². The fourth-order valence-corrected chi connectivity index (χ4v) is 4.44. The topological polar surface area (TPSA) is 83.6 Å². The highest BCUT2D eigenvalue weighted by molar-refractivity contribution is 7.91. The Morgan fingerprint density at radius 3 is 2.48 bits per heavy atom. The molecule has 2 rings (SSSR count). The van der Waals surface area contributed by atoms with Gasteiger partial charge in [0.2, 0.25) is 11.8 Å². The summed E-state index contributed by atoms with van der Waals surface area (Å²) in [5.41, 5.74) is 1.78. The average Bonchev–Trinajstić information content (AvgIpc) is 2.80. The van der Waals surface area contributed by atoms with E-state index in [1.165, 1.54) is 4.90 Å². The second-order valence-electron chi connectivity index (χ2n) is 6.14. The highest BCUT2D eigenvalue weighted by Crippen LogP contribution is 2.22. The van der Waals surface area contributed by atoms with Crippen LogP contribution in [0.5, 0.6) is 0 Å². The molecule has 1 aliphatic heterocycles. The number of nitrogens with zero attached hydrogens (tertiary/aromatic N) is 1. The lowest BCUT2D eigenvalue weighted by atomic mass is 10.0. The number of hydrogen-bond acceptors (Lipinski definition) is 4. The zero-order chi connectivity index (χ0) is 17.0. The first-order chi connectivity index (χ1) is 10.7. The number of carbonyl (C=O) groups excluding carboxylic acids is 2. The van der Waals surface area contributed by atoms with Gasteiger partial charge in [0.15, 0.2) is 9.84 Å². The third kappa shape index (κ3) is 5.35. The van der Waals surface area contributed by atoms with Crippen molar-refractivity contribution in [3.63, 3.8) is 0 Å². The Balaban J connectivity index is 1.81. The second kappa shape index (κ2) is 7.12. The number of benzene rings is 1. The Kier molecular flexibility index (Phi) is 5.41. The van der Waals surface area contributed by atoms with E-state index < -0.39 is 9.84 Å². The average molecular weight is 338 g/mol. The molecule has 0 bridgehead atoms. The molecule has 2 amide bonds. The summed E-state index contributed by atoms with van der Waals surface area (Å²) in [5.74, 6) is -0.380. The number of carbonyl (C=O) groups is 2. The molecule has 1 N–H and O–H groups in total. The zero-order valence-electron chi connectivity index (χ0n) is 13.4. The van der Waals surface area contributed by atoms with Crippen molar-refractivity contribution in [2.75, 3.05) is 30.4 Å². The van der Waals surface area contributed by atoms with Crippen molar-refractivity contribution < 1.29 is 18.0 Å². The molecule has 1 fully saturated rings. The van der Waals surface area contributed by atoms with Gasteiger partial charge in [0.1, 0.15) is 0 Å². The van der Waals surface area contributed by atoms with Gasteiger partial charge in [0, 0.05) is 19.2 Å². The van der Waals surface area contributed by atoms with Crippen LogP contribution in [0.3, 0.4) is 0 Å². The normalized spacial score (nSPS) is 19.3. The SMILES string of the molecule is Cc1ccc(NC(=O)CN(C)C(=O)C[C@H]2CCS(=O)(=O)C2)cc1. The number of aryl methyl sites for hydroxylation is 1. The van der Waals surface area contributed by atoms with Gasteiger partial charge in [-0.15, -0.1) is 0 Å². The van der Waals surface area contributed by atoms with Crippen molar-refractivity contribution in [1.29, 1.82) is 0 Å². The minimum absolute atomic E-state index is 0.0494. The predicted molar refractivity (Wildman–Crippen MR) is 88.8 cm³/mol. The van der Waals surface area contributed by atoms with Gasteiger partial charge >= 0.3 is 0 Å². The molecule has 0 aromatic heterocycles. The van der Waals surface area contributed by atoms with Gasteiger partial charge in [-0.1, -0.05) is 17.7 Å². The largest absolute Gasteiger partial charge is 0.336 e. The summed E-state index contributed by atoms with van der Waals surface area (Å²) in [6.07, 6.45) is 0.699. The van der Waals surface area contributed by atoms with Crippen LogP contribution in [0.1, 0.15) is 18.4 Å². The highest BCUT2D eigenvalue weighted by atomic mass is 32.2. The van der Waals surface area contributed by atoms with Gasteiger partial charge in [-0.25, -0.2) is 8.42 Å². The summed E-state index contributed by atoms with van der Waals surface area (Å²) in [6, 6.07) is 7.40. The Hall–Kier alpha value is -1.89. The maximum atomic E-state index is 12.1. The molecule has 1 aromatic carbocycles. The summed E-state index contributed by atoms with van der Waals surface area (Å²) >= 11 is 0. The first-order valence-corrected chi connectivity index (χ1v) is 9.38. The van der Waals surface area contributed by atoms with E-state index in [1.807, 2.05) is 19.1 Å². The molecule has 1 heterocycles. The number of likely N-dealkylation sites (N-methyl/N-ethyl adjacent to an activating group) is 1. The fourth-order valence-electron chi connectivity index (χ4n) is 2.58. The second-order valence-corrected chi connectivity index (χ2v) is 8.37. The number of rotatable bonds is 5. The fraction of sp³-hybridized carbons (Fsp3) is 0.500. The Morgan fingerprint density at radius 1 is 1.26 bits per heavy atom. The van der Waals surface area contributed by atoms with E-state index in [2.05, 4.69) is 5.32 Å². The Bertz CT molecular complexity index is 683. The quantitative estimate of drug-likeness (QED) is 0.875. The maximum Gasteiger partial charge on any atom is 0.243 e. The van der Waals surface area contributed by atoms with Crippen LogP contribution < -0.4 is 5.32 Å². The Labute approximate surface area is 136 Å². The first kappa shape index (κ1) is 17.5. The van der Waals surface area contributed by atoms with Crippen LogP contribution in [0.25, 0.3) is 0 Å². The van der Waals surface area contributed by atoms with E-state index in [-0.39, 0.29) is 42.2 Å². The molecular weight excluding hydrogens is 316 g/mol. The predicted octanol–water partition coefficient (Wildman–Crippen LogP) is 1.22. The molecule has 1 aliphatic rings. The molecule has 7 heteroatoms. The summed E-state index contributed by atoms with van der Waals surface area (Å²) < 4.78 is 22.8. The van der Waals surface area contributed by atoms with Crippen molar-refractivity contribution in [3.05, 3.63) is 29.8 Å². The summed E-state index contributed by atoms with van der Waals surface area (Å²) in [6.45, 7) is 1.91. The van der Waals surface area contributed by atoms with Crippen molar-refractivity contribution in [2.45, 2.75) is 19.8 Å². The maximum absolute atomic E-state index is 12.1. The minimum Gasteiger partial charge on any atom is -0.336 e. The molecule has 0 unspecified atom stereocenters. The summed E-state index contributed by atoms with van der Waals surface area (Å²) in [5, 5.41) is 2.73. The van der Waals surface area contributed by atoms with Crippen molar-refractivity contribution in [3.8, 4) is 0 Å². The smallest absolute Gasteiger partial charge is 0.243 e. The molecule has 0 radical (unpaired) electrons. The van der Waals surface area contributed by atoms with Crippen LogP contribution >= 0.6 is 0 Å². The van der Waals surface area contributed by atoms with Gasteiger partial charge in [0.05, 0.1) is 18.1 Å². The lowest BCUT2D eigenvalue weighted by Gasteiger charge is -2.18. The van der Waals surface area contributed by atoms with Gasteiger partial charge < -0.3 is 10.2 Å². The van der Waals surface area contributed by atoms with E-state index in [1.54, 1.807) is 19.2 Å². The van der Waals surface area contributed by atoms with Gasteiger partial charge in [-0.2, -0.15) is 0 Å². The molecule has 0 saturated carbocycles. The molecule has 0 spiro atoms. The van der Waals surface area contributed by atoms with Crippen LogP contribution in [0.4, 0.5) is 5.69 Å². The molecule has 0 aliphatic carbocycles. The van der Waals surface area contributed by atoms with E-state index in [4.69, 9.17) is 0 Å². The highest BCUT2D eigenvalue weighted by Gasteiger charge is 2.30. The number of anilines is 1. The van der Waals surface area contributed by atoms with Crippen molar-refractivity contribution >= 4 is 27.3 Å². The van der Waals surface area contributed by atoms with E-state index in [9.17, 15) is 18.0 Å². The molecule has 1 atom stereocenters. The van der Waals surface area contributed by atoms with Crippen LogP contribution in [-0.4, -0.2) is 50.2 Å². The summed E-state index contributed by atoms with van der Waals surface area (Å²) in [4.78, 5) is 25.4. The standard InChI is InChI=1S/C16H22N2O4S/c1-12-3-5-14(6-4-12)17-15(19)10-18(2)16(20)9-13-7-8-23(21,22)11-13/h3-6,13H,7-11H2,1-2H3,(H,17,19)/t13-/m1/s1. The monoisotopic (exact) mass is 338 g/mol. The van der Waals surface area contributed by atoms with Crippen molar-refractivity contribution in [2.24, 2.45) is 5.92 Å². The molecule has 6 nitrogen and oxygen atoms in total. The van der Waals surface area contributed by atoms with Gasteiger partial charge in [-0.3, -0.25) is 9.59 Å². The third-order valence-electron chi connectivity index (χ3n) is 3.93. The molecule has 1 saturated heterocycles. The lowest BCUT2D eigenvalue weighted by Crippen LogP contribution is -2.35. The third-order valence-corrected chi connectivity index (χ3v) is 5.77. The van der Waals surface area contributed by atoms with Crippen molar-refractivity contribution in [1.82, 2.24) is 4.90 Å². The molecule has 126 valence electrons. The summed E-state index contributed by atoms with van der Waals surface area (Å²) in [7, 11) is -1.43. The molecule has 1 aromatic rings. The van der Waals surface area contributed by atoms with Gasteiger partial charge in [0.25, 0.3) is 0 Å². The number of sulfone groups is 1. The minimum atomic E-state index is -2.98. The zero-order valence-corrected chi connectivity index (χ0v) is 14.2. The number of amides is 2. The molecule has 23 heavy (non-hydrogen) atoms. The number of nitrogens with one attached hydrogen (secondary N) is 1. The first-order valence-electron chi connectivity index (χ1n) is 7.56. The lowest BCUT2D eigenvalue weighted by molar-refractivity contribution is -0.134. The van der Waals surface area contributed by atoms with Gasteiger partial charge in [-0.05, 0) is 31.4 Å². The van der Waals surface area contributed by atoms with Crippen LogP contribution in [0, 0.1) is 12.8 Å². The van der Waals surface area contributed by atoms with Crippen LogP contribution in [0.2, 0.25) is 0 Å². The van der Waals surface area contributed by atoms with E-state index in [0.717, 1.165) is 5.56 Å². The number of hydrogen-bond donors (Lipinski definition) is 1. The van der Waals surface area contributed by atoms with Crippen LogP contribution in [-0.2, 0) is 19.4 Å². The van der Waals surface area contributed by atoms with E-state index >= 15 is 0 Å². The van der Waals surface area contributed by atoms with Crippen LogP contribution in [0.15, 0.2) is 24.3 Å².